The fourth-order valence-corrected chi connectivity index (χ4v) is 4.23. The number of halogens is 1. The van der Waals surface area contributed by atoms with Gasteiger partial charge in [0, 0.05) is 35.5 Å². The number of hydrogen-bond acceptors (Lipinski definition) is 6. The first-order chi connectivity index (χ1) is 12.7. The van der Waals surface area contributed by atoms with Gasteiger partial charge in [0.15, 0.2) is 15.9 Å². The van der Waals surface area contributed by atoms with Crippen LogP contribution in [-0.2, 0) is 12.3 Å². The summed E-state index contributed by atoms with van der Waals surface area (Å²) in [5.74, 6) is 0.926. The second-order valence-corrected chi connectivity index (χ2v) is 7.30. The molecule has 3 aromatic heterocycles. The molecule has 9 heteroatoms. The maximum Gasteiger partial charge on any atom is 0.258 e. The van der Waals surface area contributed by atoms with E-state index in [9.17, 15) is 9.18 Å². The van der Waals surface area contributed by atoms with Gasteiger partial charge in [-0.2, -0.15) is 0 Å². The van der Waals surface area contributed by atoms with Gasteiger partial charge in [-0.15, -0.1) is 21.5 Å². The van der Waals surface area contributed by atoms with Crippen LogP contribution in [0.15, 0.2) is 51.9 Å². The van der Waals surface area contributed by atoms with E-state index in [0.717, 1.165) is 10.7 Å². The normalized spacial score (nSPS) is 11.3. The van der Waals surface area contributed by atoms with Gasteiger partial charge in [0.05, 0.1) is 5.69 Å². The third kappa shape index (κ3) is 3.15. The monoisotopic (exact) mass is 387 g/mol. The summed E-state index contributed by atoms with van der Waals surface area (Å²) in [4.78, 5) is 17.2. The number of benzene rings is 1. The molecule has 0 saturated heterocycles. The van der Waals surface area contributed by atoms with E-state index >= 15 is 0 Å². The Morgan fingerprint density at radius 3 is 2.81 bits per heavy atom. The van der Waals surface area contributed by atoms with Crippen LogP contribution >= 0.6 is 23.1 Å². The van der Waals surface area contributed by atoms with Crippen molar-refractivity contribution in [3.8, 4) is 11.4 Å². The molecular formula is C17H14FN5OS2. The molecule has 0 N–H and O–H groups in total. The second-order valence-electron chi connectivity index (χ2n) is 5.49. The molecule has 0 atom stereocenters. The third-order valence-corrected chi connectivity index (χ3v) is 5.60. The number of thioether (sulfide) groups is 1. The predicted octanol–water partition coefficient (Wildman–Crippen LogP) is 3.47. The maximum atomic E-state index is 13.1. The SMILES string of the molecule is CCn1c(SCc2cc(=O)n3ccsc3n2)nnc1-c1ccc(F)cc1. The first-order valence-corrected chi connectivity index (χ1v) is 9.80. The summed E-state index contributed by atoms with van der Waals surface area (Å²) in [6, 6.07) is 7.73. The zero-order chi connectivity index (χ0) is 18.1. The number of fused-ring (bicyclic) bond motifs is 1. The van der Waals surface area contributed by atoms with Crippen LogP contribution in [-0.4, -0.2) is 24.1 Å². The Labute approximate surface area is 156 Å². The summed E-state index contributed by atoms with van der Waals surface area (Å²) >= 11 is 2.90. The van der Waals surface area contributed by atoms with Crippen molar-refractivity contribution in [3.63, 3.8) is 0 Å². The summed E-state index contributed by atoms with van der Waals surface area (Å²) in [7, 11) is 0. The lowest BCUT2D eigenvalue weighted by Crippen LogP contribution is -2.12. The minimum Gasteiger partial charge on any atom is -0.302 e. The molecule has 132 valence electrons. The van der Waals surface area contributed by atoms with E-state index in [1.165, 1.54) is 39.6 Å². The maximum absolute atomic E-state index is 13.1. The van der Waals surface area contributed by atoms with Crippen LogP contribution in [0.1, 0.15) is 12.6 Å². The minimum absolute atomic E-state index is 0.0872. The number of rotatable bonds is 5. The van der Waals surface area contributed by atoms with Crippen LogP contribution in [0.25, 0.3) is 16.3 Å². The van der Waals surface area contributed by atoms with Gasteiger partial charge in [-0.05, 0) is 31.2 Å². The van der Waals surface area contributed by atoms with Crippen molar-refractivity contribution < 1.29 is 4.39 Å². The molecule has 0 radical (unpaired) electrons. The van der Waals surface area contributed by atoms with Gasteiger partial charge < -0.3 is 4.57 Å². The van der Waals surface area contributed by atoms with E-state index in [4.69, 9.17) is 0 Å². The molecule has 0 amide bonds. The zero-order valence-electron chi connectivity index (χ0n) is 13.8. The molecule has 6 nitrogen and oxygen atoms in total. The van der Waals surface area contributed by atoms with Crippen LogP contribution in [0.3, 0.4) is 0 Å². The molecular weight excluding hydrogens is 373 g/mol. The Kier molecular flexibility index (Phi) is 4.56. The molecule has 0 bridgehead atoms. The summed E-state index contributed by atoms with van der Waals surface area (Å²) < 4.78 is 16.6. The van der Waals surface area contributed by atoms with Gasteiger partial charge in [-0.25, -0.2) is 9.37 Å². The highest BCUT2D eigenvalue weighted by Crippen LogP contribution is 2.26. The fraction of sp³-hybridized carbons (Fsp3) is 0.176. The van der Waals surface area contributed by atoms with E-state index in [-0.39, 0.29) is 11.4 Å². The predicted molar refractivity (Wildman–Crippen MR) is 100.0 cm³/mol. The molecule has 0 spiro atoms. The molecule has 0 fully saturated rings. The van der Waals surface area contributed by atoms with Crippen molar-refractivity contribution >= 4 is 28.1 Å². The van der Waals surface area contributed by atoms with Gasteiger partial charge in [-0.1, -0.05) is 11.8 Å². The van der Waals surface area contributed by atoms with Crippen molar-refractivity contribution in [3.05, 3.63) is 63.8 Å². The number of thiazole rings is 1. The molecule has 0 aliphatic heterocycles. The van der Waals surface area contributed by atoms with Crippen molar-refractivity contribution in [1.82, 2.24) is 24.1 Å². The quantitative estimate of drug-likeness (QED) is 0.491. The van der Waals surface area contributed by atoms with E-state index in [1.807, 2.05) is 16.9 Å². The first-order valence-electron chi connectivity index (χ1n) is 7.93. The number of aromatic nitrogens is 5. The van der Waals surface area contributed by atoms with Gasteiger partial charge >= 0.3 is 0 Å². The van der Waals surface area contributed by atoms with Crippen molar-refractivity contribution in [2.45, 2.75) is 24.4 Å². The fourth-order valence-electron chi connectivity index (χ4n) is 2.59. The van der Waals surface area contributed by atoms with Crippen molar-refractivity contribution in [2.75, 3.05) is 0 Å². The lowest BCUT2D eigenvalue weighted by molar-refractivity contribution is 0.627. The largest absolute Gasteiger partial charge is 0.302 e. The Morgan fingerprint density at radius 1 is 1.23 bits per heavy atom. The van der Waals surface area contributed by atoms with Gasteiger partial charge in [0.1, 0.15) is 5.82 Å². The van der Waals surface area contributed by atoms with Crippen LogP contribution in [0.2, 0.25) is 0 Å². The van der Waals surface area contributed by atoms with E-state index in [1.54, 1.807) is 24.4 Å². The summed E-state index contributed by atoms with van der Waals surface area (Å²) in [6.07, 6.45) is 1.72. The summed E-state index contributed by atoms with van der Waals surface area (Å²) in [5.41, 5.74) is 1.43. The molecule has 26 heavy (non-hydrogen) atoms. The second kappa shape index (κ2) is 7.00. The summed E-state index contributed by atoms with van der Waals surface area (Å²) in [6.45, 7) is 2.69. The van der Waals surface area contributed by atoms with E-state index in [2.05, 4.69) is 15.2 Å². The van der Waals surface area contributed by atoms with Crippen LogP contribution in [0.5, 0.6) is 0 Å². The van der Waals surface area contributed by atoms with E-state index < -0.39 is 0 Å². The Bertz CT molecular complexity index is 1120. The van der Waals surface area contributed by atoms with E-state index in [0.29, 0.717) is 28.8 Å². The average molecular weight is 387 g/mol. The third-order valence-electron chi connectivity index (χ3n) is 3.84. The van der Waals surface area contributed by atoms with Gasteiger partial charge in [-0.3, -0.25) is 9.20 Å². The first kappa shape index (κ1) is 16.9. The zero-order valence-corrected chi connectivity index (χ0v) is 15.4. The molecule has 1 aromatic carbocycles. The average Bonchev–Trinajstić information content (AvgIpc) is 3.27. The van der Waals surface area contributed by atoms with Gasteiger partial charge in [0.2, 0.25) is 0 Å². The van der Waals surface area contributed by atoms with Crippen LogP contribution < -0.4 is 5.56 Å². The van der Waals surface area contributed by atoms with Crippen LogP contribution in [0.4, 0.5) is 4.39 Å². The molecule has 4 aromatic rings. The highest BCUT2D eigenvalue weighted by molar-refractivity contribution is 7.98. The van der Waals surface area contributed by atoms with Gasteiger partial charge in [0.25, 0.3) is 5.56 Å². The summed E-state index contributed by atoms with van der Waals surface area (Å²) in [5, 5.41) is 11.1. The molecule has 0 aliphatic carbocycles. The molecule has 3 heterocycles. The molecule has 0 unspecified atom stereocenters. The number of nitrogens with zero attached hydrogens (tertiary/aromatic N) is 5. The standard InChI is InChI=1S/C17H14FN5OS2/c1-2-22-15(11-3-5-12(18)6-4-11)20-21-17(22)26-10-13-9-14(24)23-7-8-25-16(23)19-13/h3-9H,2,10H2,1H3. The lowest BCUT2D eigenvalue weighted by atomic mass is 10.2. The Hall–Kier alpha value is -2.52. The van der Waals surface area contributed by atoms with Crippen molar-refractivity contribution in [2.24, 2.45) is 0 Å². The Balaban J connectivity index is 1.60. The molecule has 0 saturated carbocycles. The minimum atomic E-state index is -0.285. The smallest absolute Gasteiger partial charge is 0.258 e. The molecule has 4 rings (SSSR count). The number of hydrogen-bond donors (Lipinski definition) is 0. The highest BCUT2D eigenvalue weighted by atomic mass is 32.2. The Morgan fingerprint density at radius 2 is 2.04 bits per heavy atom. The van der Waals surface area contributed by atoms with Crippen molar-refractivity contribution in [1.29, 1.82) is 0 Å². The topological polar surface area (TPSA) is 65.1 Å². The lowest BCUT2D eigenvalue weighted by Gasteiger charge is -2.07. The highest BCUT2D eigenvalue weighted by Gasteiger charge is 2.14. The van der Waals surface area contributed by atoms with Crippen LogP contribution in [0, 0.1) is 5.82 Å². The molecule has 0 aliphatic rings.